The summed E-state index contributed by atoms with van der Waals surface area (Å²) in [5.41, 5.74) is 0.122. The second-order valence-electron chi connectivity index (χ2n) is 4.72. The zero-order valence-corrected chi connectivity index (χ0v) is 15.7. The standard InChI is InChI=1S/C15H8Cl6F2/c16-14(17,18)11-5-1-9(2-6-11)13(22,23)10-3-7-12(8-4-10)15(19,20)21/h1-8H. The molecule has 124 valence electrons. The summed E-state index contributed by atoms with van der Waals surface area (Å²) in [6, 6.07) is 10.2. The molecule has 0 saturated heterocycles. The number of hydrogen-bond acceptors (Lipinski definition) is 0. The van der Waals surface area contributed by atoms with Gasteiger partial charge in [0.1, 0.15) is 0 Å². The first-order valence-corrected chi connectivity index (χ1v) is 8.42. The Morgan fingerprint density at radius 1 is 0.478 bits per heavy atom. The van der Waals surface area contributed by atoms with Crippen molar-refractivity contribution in [3.05, 3.63) is 70.8 Å². The van der Waals surface area contributed by atoms with E-state index in [2.05, 4.69) is 0 Å². The van der Waals surface area contributed by atoms with Crippen LogP contribution in [-0.4, -0.2) is 0 Å². The van der Waals surface area contributed by atoms with Crippen molar-refractivity contribution in [3.8, 4) is 0 Å². The Morgan fingerprint density at radius 2 is 0.696 bits per heavy atom. The molecule has 2 aromatic rings. The number of rotatable bonds is 2. The van der Waals surface area contributed by atoms with Crippen molar-refractivity contribution in [1.82, 2.24) is 0 Å². The van der Waals surface area contributed by atoms with E-state index in [9.17, 15) is 8.78 Å². The van der Waals surface area contributed by atoms with Gasteiger partial charge in [-0.25, -0.2) is 0 Å². The SMILES string of the molecule is FC(F)(c1ccc(C(Cl)(Cl)Cl)cc1)c1ccc(C(Cl)(Cl)Cl)cc1. The highest BCUT2D eigenvalue weighted by atomic mass is 35.6. The van der Waals surface area contributed by atoms with Crippen LogP contribution in [0.5, 0.6) is 0 Å². The fourth-order valence-corrected chi connectivity index (χ4v) is 2.66. The summed E-state index contributed by atoms with van der Waals surface area (Å²) < 4.78 is 25.8. The first-order chi connectivity index (χ1) is 10.4. The van der Waals surface area contributed by atoms with Crippen LogP contribution in [0.3, 0.4) is 0 Å². The molecule has 23 heavy (non-hydrogen) atoms. The molecule has 0 amide bonds. The van der Waals surface area contributed by atoms with E-state index in [1.165, 1.54) is 48.5 Å². The van der Waals surface area contributed by atoms with Crippen LogP contribution in [-0.2, 0) is 13.5 Å². The predicted octanol–water partition coefficient (Wildman–Crippen LogP) is 7.48. The monoisotopic (exact) mass is 436 g/mol. The molecule has 0 saturated carbocycles. The molecule has 2 aromatic carbocycles. The highest BCUT2D eigenvalue weighted by molar-refractivity contribution is 6.67. The molecule has 0 fully saturated rings. The molecule has 0 radical (unpaired) electrons. The molecule has 0 aliphatic heterocycles. The number of hydrogen-bond donors (Lipinski definition) is 0. The molecule has 0 spiro atoms. The Hall–Kier alpha value is 0.0400. The Labute approximate surface area is 162 Å². The molecule has 0 unspecified atom stereocenters. The summed E-state index contributed by atoms with van der Waals surface area (Å²) in [5, 5.41) is 0. The topological polar surface area (TPSA) is 0 Å². The molecule has 0 N–H and O–H groups in total. The lowest BCUT2D eigenvalue weighted by Gasteiger charge is -2.20. The summed E-state index contributed by atoms with van der Waals surface area (Å²) in [5.74, 6) is -3.24. The van der Waals surface area contributed by atoms with Crippen molar-refractivity contribution in [3.63, 3.8) is 0 Å². The lowest BCUT2D eigenvalue weighted by Crippen LogP contribution is -2.16. The average Bonchev–Trinajstić information content (AvgIpc) is 2.46. The molecule has 0 bridgehead atoms. The molecule has 0 aliphatic rings. The molecule has 0 nitrogen and oxygen atoms in total. The third-order valence-corrected chi connectivity index (χ3v) is 4.46. The van der Waals surface area contributed by atoms with Crippen LogP contribution in [0.15, 0.2) is 48.5 Å². The molecule has 0 aromatic heterocycles. The van der Waals surface area contributed by atoms with Crippen molar-refractivity contribution in [2.45, 2.75) is 13.5 Å². The molecule has 0 atom stereocenters. The van der Waals surface area contributed by atoms with Crippen LogP contribution in [0.1, 0.15) is 22.3 Å². The second kappa shape index (κ2) is 6.74. The van der Waals surface area contributed by atoms with Crippen LogP contribution < -0.4 is 0 Å². The number of alkyl halides is 8. The smallest absolute Gasteiger partial charge is 0.196 e. The Morgan fingerprint density at radius 3 is 0.913 bits per heavy atom. The lowest BCUT2D eigenvalue weighted by molar-refractivity contribution is 0.0428. The fraction of sp³-hybridized carbons (Fsp3) is 0.200. The normalized spacial score (nSPS) is 13.2. The molecular weight excluding hydrogens is 431 g/mol. The molecule has 8 heteroatoms. The van der Waals surface area contributed by atoms with Gasteiger partial charge in [0.2, 0.25) is 7.59 Å². The van der Waals surface area contributed by atoms with Gasteiger partial charge in [-0.3, -0.25) is 0 Å². The lowest BCUT2D eigenvalue weighted by atomic mass is 9.98. The number of halogens is 8. The van der Waals surface area contributed by atoms with Crippen molar-refractivity contribution in [1.29, 1.82) is 0 Å². The van der Waals surface area contributed by atoms with Crippen LogP contribution in [0.2, 0.25) is 0 Å². The van der Waals surface area contributed by atoms with Gasteiger partial charge in [0.25, 0.3) is 5.92 Å². The van der Waals surface area contributed by atoms with Gasteiger partial charge in [-0.15, -0.1) is 0 Å². The largest absolute Gasteiger partial charge is 0.298 e. The molecular formula is C15H8Cl6F2. The van der Waals surface area contributed by atoms with Crippen LogP contribution in [0.4, 0.5) is 8.78 Å². The average molecular weight is 439 g/mol. The summed E-state index contributed by atoms with van der Waals surface area (Å²) in [7, 11) is 0. The minimum atomic E-state index is -3.24. The zero-order valence-electron chi connectivity index (χ0n) is 11.1. The second-order valence-corrected chi connectivity index (χ2v) is 9.29. The minimum Gasteiger partial charge on any atom is -0.196 e. The third-order valence-electron chi connectivity index (χ3n) is 3.15. The van der Waals surface area contributed by atoms with Crippen molar-refractivity contribution in [2.75, 3.05) is 0 Å². The van der Waals surface area contributed by atoms with Gasteiger partial charge in [-0.1, -0.05) is 118 Å². The Kier molecular flexibility index (Phi) is 5.68. The van der Waals surface area contributed by atoms with Crippen LogP contribution in [0.25, 0.3) is 0 Å². The van der Waals surface area contributed by atoms with Crippen LogP contribution in [0, 0.1) is 0 Å². The van der Waals surface area contributed by atoms with Gasteiger partial charge < -0.3 is 0 Å². The van der Waals surface area contributed by atoms with E-state index in [0.29, 0.717) is 11.1 Å². The highest BCUT2D eigenvalue weighted by Crippen LogP contribution is 2.42. The third kappa shape index (κ3) is 4.56. The van der Waals surface area contributed by atoms with E-state index in [4.69, 9.17) is 69.6 Å². The summed E-state index contributed by atoms with van der Waals surface area (Å²) in [6.45, 7) is 0. The van der Waals surface area contributed by atoms with E-state index in [-0.39, 0.29) is 11.1 Å². The van der Waals surface area contributed by atoms with E-state index in [1.54, 1.807) is 0 Å². The molecule has 0 heterocycles. The Balaban J connectivity index is 2.34. The maximum absolute atomic E-state index is 14.5. The van der Waals surface area contributed by atoms with E-state index >= 15 is 0 Å². The van der Waals surface area contributed by atoms with Crippen molar-refractivity contribution in [2.24, 2.45) is 0 Å². The zero-order chi connectivity index (χ0) is 17.5. The summed E-state index contributed by atoms with van der Waals surface area (Å²) in [6.07, 6.45) is 0. The van der Waals surface area contributed by atoms with E-state index in [0.717, 1.165) is 0 Å². The van der Waals surface area contributed by atoms with E-state index in [1.807, 2.05) is 0 Å². The molecule has 2 rings (SSSR count). The van der Waals surface area contributed by atoms with Gasteiger partial charge in [-0.05, 0) is 0 Å². The number of benzene rings is 2. The minimum absolute atomic E-state index is 0.239. The molecule has 0 aliphatic carbocycles. The van der Waals surface area contributed by atoms with Gasteiger partial charge in [0.05, 0.1) is 0 Å². The first kappa shape index (κ1) is 19.4. The fourth-order valence-electron chi connectivity index (χ4n) is 1.90. The van der Waals surface area contributed by atoms with Crippen molar-refractivity contribution >= 4 is 69.6 Å². The maximum Gasteiger partial charge on any atom is 0.298 e. The quantitative estimate of drug-likeness (QED) is 0.426. The summed E-state index contributed by atoms with van der Waals surface area (Å²) in [4.78, 5) is 0. The van der Waals surface area contributed by atoms with Crippen LogP contribution >= 0.6 is 69.6 Å². The van der Waals surface area contributed by atoms with Gasteiger partial charge in [-0.2, -0.15) is 8.78 Å². The maximum atomic E-state index is 14.5. The van der Waals surface area contributed by atoms with Crippen molar-refractivity contribution < 1.29 is 8.78 Å². The predicted molar refractivity (Wildman–Crippen MR) is 94.4 cm³/mol. The Bertz CT molecular complexity index is 610. The highest BCUT2D eigenvalue weighted by Gasteiger charge is 2.35. The van der Waals surface area contributed by atoms with Gasteiger partial charge in [0, 0.05) is 22.3 Å². The summed E-state index contributed by atoms with van der Waals surface area (Å²) >= 11 is 34.2. The van der Waals surface area contributed by atoms with E-state index < -0.39 is 13.5 Å². The first-order valence-electron chi connectivity index (χ1n) is 6.15. The van der Waals surface area contributed by atoms with Gasteiger partial charge in [0.15, 0.2) is 0 Å². The van der Waals surface area contributed by atoms with Gasteiger partial charge >= 0.3 is 0 Å².